The average Bonchev–Trinajstić information content (AvgIpc) is 3.08. The maximum Gasteiger partial charge on any atom is 0.319 e. The van der Waals surface area contributed by atoms with Gasteiger partial charge in [-0.1, -0.05) is 0 Å². The normalized spacial score (nSPS) is 10.2. The average molecular weight is 336 g/mol. The molecule has 0 aliphatic heterocycles. The third-order valence-corrected chi connectivity index (χ3v) is 3.99. The predicted molar refractivity (Wildman–Crippen MR) is 91.4 cm³/mol. The van der Waals surface area contributed by atoms with E-state index in [1.54, 1.807) is 50.4 Å². The first-order valence-electron chi connectivity index (χ1n) is 7.10. The lowest BCUT2D eigenvalue weighted by atomic mass is 10.2. The van der Waals surface area contributed by atoms with Gasteiger partial charge in [-0.15, -0.1) is 0 Å². The molecule has 0 saturated heterocycles. The molecule has 0 aliphatic carbocycles. The van der Waals surface area contributed by atoms with Gasteiger partial charge < -0.3 is 24.5 Å². The van der Waals surface area contributed by atoms with Crippen LogP contribution in [-0.2, 0) is 5.75 Å². The van der Waals surface area contributed by atoms with Crippen molar-refractivity contribution in [1.82, 2.24) is 5.32 Å². The standard InChI is InChI=1S/C16H20N2O4S/c1-20-12-5-6-14(15(10-12)21-2)18-16(19)17-7-9-23-11-13-4-3-8-22-13/h3-6,8,10H,7,9,11H2,1-2H3,(H2,17,18,19). The Labute approximate surface area is 139 Å². The zero-order valence-electron chi connectivity index (χ0n) is 13.1. The molecule has 7 heteroatoms. The summed E-state index contributed by atoms with van der Waals surface area (Å²) in [7, 11) is 3.12. The molecular formula is C16H20N2O4S. The number of benzene rings is 1. The number of thioether (sulfide) groups is 1. The van der Waals surface area contributed by atoms with Crippen molar-refractivity contribution in [2.24, 2.45) is 0 Å². The Kier molecular flexibility index (Phi) is 6.68. The van der Waals surface area contributed by atoms with Crippen LogP contribution in [0, 0.1) is 0 Å². The summed E-state index contributed by atoms with van der Waals surface area (Å²) in [6.07, 6.45) is 1.66. The highest BCUT2D eigenvalue weighted by molar-refractivity contribution is 7.98. The topological polar surface area (TPSA) is 72.7 Å². The molecule has 0 unspecified atom stereocenters. The van der Waals surface area contributed by atoms with E-state index in [0.717, 1.165) is 17.3 Å². The first-order chi connectivity index (χ1) is 11.2. The fraction of sp³-hybridized carbons (Fsp3) is 0.312. The van der Waals surface area contributed by atoms with Crippen LogP contribution in [-0.4, -0.2) is 32.5 Å². The molecule has 0 bridgehead atoms. The molecule has 124 valence electrons. The van der Waals surface area contributed by atoms with Crippen LogP contribution < -0.4 is 20.1 Å². The van der Waals surface area contributed by atoms with E-state index in [1.165, 1.54) is 0 Å². The van der Waals surface area contributed by atoms with Crippen molar-refractivity contribution in [2.45, 2.75) is 5.75 Å². The number of urea groups is 1. The number of carbonyl (C=O) groups excluding carboxylic acids is 1. The van der Waals surface area contributed by atoms with Crippen molar-refractivity contribution in [2.75, 3.05) is 31.8 Å². The summed E-state index contributed by atoms with van der Waals surface area (Å²) in [4.78, 5) is 11.9. The lowest BCUT2D eigenvalue weighted by molar-refractivity contribution is 0.252. The summed E-state index contributed by atoms with van der Waals surface area (Å²) >= 11 is 1.69. The number of anilines is 1. The van der Waals surface area contributed by atoms with Crippen molar-refractivity contribution in [3.05, 3.63) is 42.4 Å². The minimum Gasteiger partial charge on any atom is -0.497 e. The van der Waals surface area contributed by atoms with Crippen molar-refractivity contribution in [3.63, 3.8) is 0 Å². The van der Waals surface area contributed by atoms with Gasteiger partial charge in [-0.05, 0) is 24.3 Å². The summed E-state index contributed by atoms with van der Waals surface area (Å²) < 4.78 is 15.6. The first-order valence-corrected chi connectivity index (χ1v) is 8.25. The maximum absolute atomic E-state index is 11.9. The summed E-state index contributed by atoms with van der Waals surface area (Å²) in [5.41, 5.74) is 0.592. The molecule has 0 fully saturated rings. The minimum absolute atomic E-state index is 0.271. The highest BCUT2D eigenvalue weighted by atomic mass is 32.2. The molecule has 1 heterocycles. The highest BCUT2D eigenvalue weighted by Crippen LogP contribution is 2.28. The number of hydrogen-bond acceptors (Lipinski definition) is 5. The van der Waals surface area contributed by atoms with E-state index < -0.39 is 0 Å². The Balaban J connectivity index is 1.72. The number of ether oxygens (including phenoxy) is 2. The number of nitrogens with one attached hydrogen (secondary N) is 2. The van der Waals surface area contributed by atoms with E-state index >= 15 is 0 Å². The minimum atomic E-state index is -0.271. The third-order valence-electron chi connectivity index (χ3n) is 3.01. The van der Waals surface area contributed by atoms with Gasteiger partial charge >= 0.3 is 6.03 Å². The van der Waals surface area contributed by atoms with E-state index in [4.69, 9.17) is 13.9 Å². The van der Waals surface area contributed by atoms with Crippen molar-refractivity contribution < 1.29 is 18.7 Å². The van der Waals surface area contributed by atoms with Crippen LogP contribution in [0.1, 0.15) is 5.76 Å². The summed E-state index contributed by atoms with van der Waals surface area (Å²) in [5.74, 6) is 3.74. The zero-order valence-corrected chi connectivity index (χ0v) is 13.9. The molecule has 0 saturated carbocycles. The second-order valence-corrected chi connectivity index (χ2v) is 5.68. The SMILES string of the molecule is COc1ccc(NC(=O)NCCSCc2ccco2)c(OC)c1. The first kappa shape index (κ1) is 17.1. The van der Waals surface area contributed by atoms with Gasteiger partial charge in [0.25, 0.3) is 0 Å². The van der Waals surface area contributed by atoms with Crippen LogP contribution >= 0.6 is 11.8 Å². The summed E-state index contributed by atoms with van der Waals surface area (Å²) in [6.45, 7) is 0.565. The van der Waals surface area contributed by atoms with Crippen LogP contribution in [0.15, 0.2) is 41.0 Å². The number of furan rings is 1. The summed E-state index contributed by atoms with van der Waals surface area (Å²) in [6, 6.07) is 8.74. The number of amides is 2. The molecule has 23 heavy (non-hydrogen) atoms. The van der Waals surface area contributed by atoms with Gasteiger partial charge in [-0.3, -0.25) is 0 Å². The van der Waals surface area contributed by atoms with Gasteiger partial charge in [-0.2, -0.15) is 11.8 Å². The van der Waals surface area contributed by atoms with E-state index in [-0.39, 0.29) is 6.03 Å². The Morgan fingerprint density at radius 2 is 2.13 bits per heavy atom. The lowest BCUT2D eigenvalue weighted by Gasteiger charge is -2.12. The van der Waals surface area contributed by atoms with Crippen LogP contribution in [0.4, 0.5) is 10.5 Å². The van der Waals surface area contributed by atoms with Crippen molar-refractivity contribution >= 4 is 23.5 Å². The molecule has 0 spiro atoms. The predicted octanol–water partition coefficient (Wildman–Crippen LogP) is 3.35. The molecule has 0 atom stereocenters. The number of rotatable bonds is 8. The van der Waals surface area contributed by atoms with E-state index in [9.17, 15) is 4.79 Å². The van der Waals surface area contributed by atoms with Crippen LogP contribution in [0.2, 0.25) is 0 Å². The van der Waals surface area contributed by atoms with Crippen LogP contribution in [0.25, 0.3) is 0 Å². The smallest absolute Gasteiger partial charge is 0.319 e. The second kappa shape index (κ2) is 8.99. The molecule has 2 amide bonds. The van der Waals surface area contributed by atoms with Crippen molar-refractivity contribution in [1.29, 1.82) is 0 Å². The Morgan fingerprint density at radius 3 is 2.83 bits per heavy atom. The maximum atomic E-state index is 11.9. The van der Waals surface area contributed by atoms with Crippen LogP contribution in [0.3, 0.4) is 0 Å². The van der Waals surface area contributed by atoms with Gasteiger partial charge in [0.15, 0.2) is 0 Å². The molecule has 2 rings (SSSR count). The second-order valence-electron chi connectivity index (χ2n) is 4.58. The van der Waals surface area contributed by atoms with Gasteiger partial charge in [-0.25, -0.2) is 4.79 Å². The molecule has 6 nitrogen and oxygen atoms in total. The molecule has 2 aromatic rings. The monoisotopic (exact) mass is 336 g/mol. The third kappa shape index (κ3) is 5.45. The lowest BCUT2D eigenvalue weighted by Crippen LogP contribution is -2.30. The van der Waals surface area contributed by atoms with Gasteiger partial charge in [0.05, 0.1) is 31.9 Å². The van der Waals surface area contributed by atoms with E-state index in [2.05, 4.69) is 10.6 Å². The summed E-state index contributed by atoms with van der Waals surface area (Å²) in [5, 5.41) is 5.56. The number of methoxy groups -OCH3 is 2. The molecule has 0 radical (unpaired) electrons. The fourth-order valence-corrected chi connectivity index (χ4v) is 2.63. The van der Waals surface area contributed by atoms with Gasteiger partial charge in [0.2, 0.25) is 0 Å². The van der Waals surface area contributed by atoms with Crippen LogP contribution in [0.5, 0.6) is 11.5 Å². The van der Waals surface area contributed by atoms with E-state index in [0.29, 0.717) is 23.7 Å². The van der Waals surface area contributed by atoms with E-state index in [1.807, 2.05) is 12.1 Å². The fourth-order valence-electron chi connectivity index (χ4n) is 1.87. The Hall–Kier alpha value is -2.28. The van der Waals surface area contributed by atoms with Gasteiger partial charge in [0, 0.05) is 18.4 Å². The van der Waals surface area contributed by atoms with Crippen molar-refractivity contribution in [3.8, 4) is 11.5 Å². The Morgan fingerprint density at radius 1 is 1.26 bits per heavy atom. The van der Waals surface area contributed by atoms with Gasteiger partial charge in [0.1, 0.15) is 17.3 Å². The molecule has 1 aromatic carbocycles. The Bertz CT molecular complexity index is 617. The zero-order chi connectivity index (χ0) is 16.5. The number of hydrogen-bond donors (Lipinski definition) is 2. The quantitative estimate of drug-likeness (QED) is 0.723. The molecular weight excluding hydrogens is 316 g/mol. The molecule has 0 aliphatic rings. The highest BCUT2D eigenvalue weighted by Gasteiger charge is 2.08. The largest absolute Gasteiger partial charge is 0.497 e. The molecule has 2 N–H and O–H groups in total. The number of carbonyl (C=O) groups is 1. The molecule has 1 aromatic heterocycles.